The smallest absolute Gasteiger partial charge is 0.226 e. The van der Waals surface area contributed by atoms with Crippen LogP contribution in [0.4, 0.5) is 5.82 Å². The van der Waals surface area contributed by atoms with Crippen molar-refractivity contribution >= 4 is 17.4 Å². The SMILES string of the molecule is CCCOc1ccc([C@@H]2CC(=O)Nc3c2c(C)nn3-c2ccc3nncn3n2)cc1. The largest absolute Gasteiger partial charge is 0.494 e. The zero-order valence-electron chi connectivity index (χ0n) is 16.7. The molecule has 9 heteroatoms. The Balaban J connectivity index is 1.56. The number of ether oxygens (including phenoxy) is 1. The summed E-state index contributed by atoms with van der Waals surface area (Å²) in [5, 5.41) is 20.0. The Kier molecular flexibility index (Phi) is 4.42. The number of nitrogens with zero attached hydrogens (tertiary/aromatic N) is 6. The number of carbonyl (C=O) groups excluding carboxylic acids is 1. The van der Waals surface area contributed by atoms with E-state index >= 15 is 0 Å². The van der Waals surface area contributed by atoms with Gasteiger partial charge >= 0.3 is 0 Å². The van der Waals surface area contributed by atoms with Gasteiger partial charge in [-0.15, -0.1) is 15.3 Å². The van der Waals surface area contributed by atoms with E-state index in [1.54, 1.807) is 9.20 Å². The van der Waals surface area contributed by atoms with Gasteiger partial charge in [-0.25, -0.2) is 0 Å². The van der Waals surface area contributed by atoms with Crippen LogP contribution in [0, 0.1) is 6.92 Å². The average Bonchev–Trinajstić information content (AvgIpc) is 3.36. The van der Waals surface area contributed by atoms with E-state index in [2.05, 4.69) is 32.6 Å². The summed E-state index contributed by atoms with van der Waals surface area (Å²) in [6.07, 6.45) is 2.86. The van der Waals surface area contributed by atoms with Crippen LogP contribution < -0.4 is 10.1 Å². The molecule has 0 spiro atoms. The van der Waals surface area contributed by atoms with Crippen LogP contribution in [0.5, 0.6) is 5.75 Å². The van der Waals surface area contributed by atoms with Gasteiger partial charge in [-0.2, -0.15) is 14.3 Å². The summed E-state index contributed by atoms with van der Waals surface area (Å²) in [6, 6.07) is 11.6. The zero-order chi connectivity index (χ0) is 20.7. The highest BCUT2D eigenvalue weighted by Gasteiger charge is 2.33. The van der Waals surface area contributed by atoms with Gasteiger partial charge in [0.05, 0.1) is 12.3 Å². The highest BCUT2D eigenvalue weighted by Crippen LogP contribution is 2.40. The highest BCUT2D eigenvalue weighted by atomic mass is 16.5. The standard InChI is InChI=1S/C21H21N7O2/c1-3-10-30-15-6-4-14(5-7-15)16-11-19(29)23-21-20(16)13(2)25-28(21)18-9-8-17-24-22-12-27(17)26-18/h4-9,12,16H,3,10-11H2,1-2H3,(H,23,29)/t16-/m0/s1. The van der Waals surface area contributed by atoms with Crippen molar-refractivity contribution in [1.29, 1.82) is 0 Å². The number of benzene rings is 1. The summed E-state index contributed by atoms with van der Waals surface area (Å²) < 4.78 is 8.94. The number of rotatable bonds is 5. The molecule has 0 fully saturated rings. The number of anilines is 1. The second-order valence-corrected chi connectivity index (χ2v) is 7.31. The molecule has 30 heavy (non-hydrogen) atoms. The van der Waals surface area contributed by atoms with Gasteiger partial charge in [0.25, 0.3) is 0 Å². The topological polar surface area (TPSA) is 99.2 Å². The molecule has 4 heterocycles. The summed E-state index contributed by atoms with van der Waals surface area (Å²) in [4.78, 5) is 12.6. The Morgan fingerprint density at radius 3 is 2.80 bits per heavy atom. The molecule has 1 aromatic carbocycles. The molecule has 0 saturated heterocycles. The van der Waals surface area contributed by atoms with E-state index < -0.39 is 0 Å². The molecule has 1 aliphatic heterocycles. The summed E-state index contributed by atoms with van der Waals surface area (Å²) in [6.45, 7) is 4.72. The summed E-state index contributed by atoms with van der Waals surface area (Å²) >= 11 is 0. The first-order chi connectivity index (χ1) is 14.6. The Bertz CT molecular complexity index is 1230. The normalized spacial score (nSPS) is 15.8. The molecule has 1 atom stereocenters. The number of carbonyl (C=O) groups is 1. The molecule has 3 aromatic heterocycles. The Morgan fingerprint density at radius 1 is 1.17 bits per heavy atom. The molecule has 4 aromatic rings. The van der Waals surface area contributed by atoms with Crippen LogP contribution in [0.25, 0.3) is 11.5 Å². The van der Waals surface area contributed by atoms with Gasteiger partial charge in [0.2, 0.25) is 5.91 Å². The van der Waals surface area contributed by atoms with Gasteiger partial charge < -0.3 is 10.1 Å². The van der Waals surface area contributed by atoms with Gasteiger partial charge in [0.1, 0.15) is 17.9 Å². The molecule has 1 aliphatic rings. The lowest BCUT2D eigenvalue weighted by atomic mass is 9.86. The van der Waals surface area contributed by atoms with Gasteiger partial charge in [0, 0.05) is 17.9 Å². The third kappa shape index (κ3) is 3.08. The van der Waals surface area contributed by atoms with E-state index in [0.29, 0.717) is 30.3 Å². The molecular formula is C21H21N7O2. The first kappa shape index (κ1) is 18.3. The lowest BCUT2D eigenvalue weighted by Gasteiger charge is -2.24. The lowest BCUT2D eigenvalue weighted by Crippen LogP contribution is -2.25. The predicted octanol–water partition coefficient (Wildman–Crippen LogP) is 2.88. The molecule has 0 unspecified atom stereocenters. The quantitative estimate of drug-likeness (QED) is 0.550. The lowest BCUT2D eigenvalue weighted by molar-refractivity contribution is -0.116. The van der Waals surface area contributed by atoms with Crippen molar-refractivity contribution < 1.29 is 9.53 Å². The first-order valence-corrected chi connectivity index (χ1v) is 9.93. The molecule has 0 aliphatic carbocycles. The van der Waals surface area contributed by atoms with Crippen molar-refractivity contribution in [1.82, 2.24) is 29.6 Å². The third-order valence-corrected chi connectivity index (χ3v) is 5.22. The number of amides is 1. The van der Waals surface area contributed by atoms with Gasteiger partial charge in [-0.05, 0) is 43.2 Å². The molecule has 0 saturated carbocycles. The molecular weight excluding hydrogens is 382 g/mol. The predicted molar refractivity (Wildman–Crippen MR) is 110 cm³/mol. The first-order valence-electron chi connectivity index (χ1n) is 9.93. The maximum absolute atomic E-state index is 12.6. The number of aromatic nitrogens is 6. The van der Waals surface area contributed by atoms with Gasteiger partial charge in [-0.3, -0.25) is 4.79 Å². The minimum Gasteiger partial charge on any atom is -0.494 e. The summed E-state index contributed by atoms with van der Waals surface area (Å²) in [5.74, 6) is 1.93. The number of nitrogens with one attached hydrogen (secondary N) is 1. The van der Waals surface area contributed by atoms with Gasteiger partial charge in [0.15, 0.2) is 11.5 Å². The highest BCUT2D eigenvalue weighted by molar-refractivity contribution is 5.95. The third-order valence-electron chi connectivity index (χ3n) is 5.22. The maximum Gasteiger partial charge on any atom is 0.226 e. The van der Waals surface area contributed by atoms with E-state index in [9.17, 15) is 4.79 Å². The Morgan fingerprint density at radius 2 is 2.00 bits per heavy atom. The number of hydrogen-bond acceptors (Lipinski definition) is 6. The van der Waals surface area contributed by atoms with Crippen LogP contribution in [0.2, 0.25) is 0 Å². The Hall–Kier alpha value is -3.75. The van der Waals surface area contributed by atoms with E-state index in [0.717, 1.165) is 29.0 Å². The van der Waals surface area contributed by atoms with Crippen LogP contribution in [0.15, 0.2) is 42.7 Å². The van der Waals surface area contributed by atoms with Crippen molar-refractivity contribution in [2.24, 2.45) is 0 Å². The van der Waals surface area contributed by atoms with Crippen molar-refractivity contribution in [3.05, 3.63) is 59.5 Å². The fourth-order valence-corrected chi connectivity index (χ4v) is 3.85. The van der Waals surface area contributed by atoms with Crippen LogP contribution in [-0.4, -0.2) is 42.1 Å². The van der Waals surface area contributed by atoms with Crippen molar-refractivity contribution in [3.8, 4) is 11.6 Å². The Labute approximate surface area is 172 Å². The molecule has 152 valence electrons. The maximum atomic E-state index is 12.6. The minimum atomic E-state index is -0.0821. The molecule has 5 rings (SSSR count). The second kappa shape index (κ2) is 7.25. The molecule has 0 radical (unpaired) electrons. The number of fused-ring (bicyclic) bond motifs is 2. The van der Waals surface area contributed by atoms with Crippen LogP contribution in [0.1, 0.15) is 42.5 Å². The molecule has 0 bridgehead atoms. The zero-order valence-corrected chi connectivity index (χ0v) is 16.7. The summed E-state index contributed by atoms with van der Waals surface area (Å²) in [5.41, 5.74) is 3.55. The molecule has 1 N–H and O–H groups in total. The van der Waals surface area contributed by atoms with Gasteiger partial charge in [-0.1, -0.05) is 19.1 Å². The van der Waals surface area contributed by atoms with Crippen LogP contribution in [-0.2, 0) is 4.79 Å². The number of hydrogen-bond donors (Lipinski definition) is 1. The fourth-order valence-electron chi connectivity index (χ4n) is 3.85. The van der Waals surface area contributed by atoms with E-state index in [1.807, 2.05) is 43.3 Å². The number of aryl methyl sites for hydroxylation is 1. The molecule has 1 amide bonds. The van der Waals surface area contributed by atoms with Crippen molar-refractivity contribution in [2.45, 2.75) is 32.6 Å². The van der Waals surface area contributed by atoms with Crippen molar-refractivity contribution in [2.75, 3.05) is 11.9 Å². The van der Waals surface area contributed by atoms with E-state index in [1.165, 1.54) is 6.33 Å². The average molecular weight is 403 g/mol. The van der Waals surface area contributed by atoms with Crippen LogP contribution in [0.3, 0.4) is 0 Å². The van der Waals surface area contributed by atoms with E-state index in [4.69, 9.17) is 4.74 Å². The monoisotopic (exact) mass is 403 g/mol. The fraction of sp³-hybridized carbons (Fsp3) is 0.286. The van der Waals surface area contributed by atoms with Crippen LogP contribution >= 0.6 is 0 Å². The summed E-state index contributed by atoms with van der Waals surface area (Å²) in [7, 11) is 0. The second-order valence-electron chi connectivity index (χ2n) is 7.31. The minimum absolute atomic E-state index is 0.0506. The van der Waals surface area contributed by atoms with Crippen molar-refractivity contribution in [3.63, 3.8) is 0 Å². The van der Waals surface area contributed by atoms with E-state index in [-0.39, 0.29) is 11.8 Å². The molecule has 9 nitrogen and oxygen atoms in total.